The first-order valence-electron chi connectivity index (χ1n) is 3.65. The summed E-state index contributed by atoms with van der Waals surface area (Å²) in [6.07, 6.45) is 3.44. The minimum absolute atomic E-state index is 0.602. The molecule has 0 aliphatic heterocycles. The van der Waals surface area contributed by atoms with Crippen LogP contribution in [0.3, 0.4) is 0 Å². The van der Waals surface area contributed by atoms with Crippen molar-refractivity contribution in [3.05, 3.63) is 29.6 Å². The van der Waals surface area contributed by atoms with Crippen molar-refractivity contribution in [1.82, 2.24) is 9.97 Å². The van der Waals surface area contributed by atoms with Crippen LogP contribution in [0.5, 0.6) is 0 Å². The number of pyridine rings is 1. The lowest BCUT2D eigenvalue weighted by molar-refractivity contribution is 1.33. The Labute approximate surface area is 69.7 Å². The van der Waals surface area contributed by atoms with Gasteiger partial charge in [-0.2, -0.15) is 5.26 Å². The lowest BCUT2D eigenvalue weighted by Gasteiger charge is -1.90. The van der Waals surface area contributed by atoms with Crippen molar-refractivity contribution in [3.63, 3.8) is 0 Å². The molecule has 0 amide bonds. The van der Waals surface area contributed by atoms with E-state index in [0.29, 0.717) is 5.56 Å². The van der Waals surface area contributed by atoms with E-state index in [2.05, 4.69) is 16.0 Å². The second-order valence-corrected chi connectivity index (χ2v) is 2.72. The molecule has 2 aromatic heterocycles. The topological polar surface area (TPSA) is 52.5 Å². The number of nitrogens with zero attached hydrogens (tertiary/aromatic N) is 2. The summed E-state index contributed by atoms with van der Waals surface area (Å²) in [5.41, 5.74) is 3.37. The maximum atomic E-state index is 8.68. The molecule has 0 aliphatic rings. The van der Waals surface area contributed by atoms with Gasteiger partial charge in [-0.25, -0.2) is 0 Å². The molecule has 2 heterocycles. The van der Waals surface area contributed by atoms with Crippen LogP contribution in [-0.2, 0) is 0 Å². The van der Waals surface area contributed by atoms with Crippen LogP contribution in [0, 0.1) is 18.3 Å². The minimum atomic E-state index is 0.602. The van der Waals surface area contributed by atoms with Gasteiger partial charge in [0, 0.05) is 12.4 Å². The Balaban J connectivity index is 2.84. The van der Waals surface area contributed by atoms with Crippen LogP contribution in [0.2, 0.25) is 0 Å². The van der Waals surface area contributed by atoms with E-state index in [1.54, 1.807) is 12.4 Å². The maximum Gasteiger partial charge on any atom is 0.106 e. The zero-order valence-electron chi connectivity index (χ0n) is 6.63. The van der Waals surface area contributed by atoms with Crippen LogP contribution in [0.15, 0.2) is 18.5 Å². The van der Waals surface area contributed by atoms with Crippen LogP contribution in [-0.4, -0.2) is 9.97 Å². The summed E-state index contributed by atoms with van der Waals surface area (Å²) < 4.78 is 0. The van der Waals surface area contributed by atoms with Gasteiger partial charge in [-0.15, -0.1) is 0 Å². The third-order valence-corrected chi connectivity index (χ3v) is 1.77. The van der Waals surface area contributed by atoms with Gasteiger partial charge in [-0.1, -0.05) is 0 Å². The first-order chi connectivity index (χ1) is 5.81. The van der Waals surface area contributed by atoms with Crippen LogP contribution >= 0.6 is 0 Å². The van der Waals surface area contributed by atoms with Gasteiger partial charge >= 0.3 is 0 Å². The Morgan fingerprint density at radius 2 is 2.42 bits per heavy atom. The van der Waals surface area contributed by atoms with E-state index in [1.807, 2.05) is 13.0 Å². The SMILES string of the molecule is Cc1cnc2c(C#N)c[nH]c2c1. The van der Waals surface area contributed by atoms with Crippen LogP contribution in [0.4, 0.5) is 0 Å². The number of aryl methyl sites for hydroxylation is 1. The zero-order chi connectivity index (χ0) is 8.55. The van der Waals surface area contributed by atoms with Crippen molar-refractivity contribution >= 4 is 11.0 Å². The number of rotatable bonds is 0. The molecule has 0 unspecified atom stereocenters. The number of nitrogens with one attached hydrogen (secondary N) is 1. The normalized spacial score (nSPS) is 10.0. The highest BCUT2D eigenvalue weighted by Crippen LogP contribution is 2.14. The quantitative estimate of drug-likeness (QED) is 0.633. The molecule has 0 fully saturated rings. The highest BCUT2D eigenvalue weighted by molar-refractivity contribution is 5.81. The van der Waals surface area contributed by atoms with Gasteiger partial charge in [0.25, 0.3) is 0 Å². The van der Waals surface area contributed by atoms with Crippen molar-refractivity contribution in [3.8, 4) is 6.07 Å². The largest absolute Gasteiger partial charge is 0.359 e. The second-order valence-electron chi connectivity index (χ2n) is 2.72. The Hall–Kier alpha value is -1.82. The molecule has 0 saturated heterocycles. The number of fused-ring (bicyclic) bond motifs is 1. The summed E-state index contributed by atoms with van der Waals surface area (Å²) in [5.74, 6) is 0. The standard InChI is InChI=1S/C9H7N3/c1-6-2-8-9(12-4-6)7(3-10)5-11-8/h2,4-5,11H,1H3. The molecule has 0 spiro atoms. The first kappa shape index (κ1) is 6.86. The first-order valence-corrected chi connectivity index (χ1v) is 3.65. The molecule has 1 N–H and O–H groups in total. The van der Waals surface area contributed by atoms with Crippen LogP contribution in [0.25, 0.3) is 11.0 Å². The van der Waals surface area contributed by atoms with Gasteiger partial charge in [-0.05, 0) is 18.6 Å². The lowest BCUT2D eigenvalue weighted by atomic mass is 10.2. The molecule has 0 aliphatic carbocycles. The molecule has 0 bridgehead atoms. The fourth-order valence-corrected chi connectivity index (χ4v) is 1.20. The number of hydrogen-bond acceptors (Lipinski definition) is 2. The molecule has 3 heteroatoms. The van der Waals surface area contributed by atoms with Gasteiger partial charge in [0.1, 0.15) is 11.6 Å². The molecule has 58 valence electrons. The van der Waals surface area contributed by atoms with E-state index in [0.717, 1.165) is 16.6 Å². The summed E-state index contributed by atoms with van der Waals surface area (Å²) in [4.78, 5) is 7.15. The van der Waals surface area contributed by atoms with Crippen molar-refractivity contribution in [2.45, 2.75) is 6.92 Å². The van der Waals surface area contributed by atoms with Gasteiger partial charge in [-0.3, -0.25) is 4.98 Å². The van der Waals surface area contributed by atoms with Gasteiger partial charge in [0.05, 0.1) is 11.1 Å². The average Bonchev–Trinajstić information content (AvgIpc) is 2.46. The molecule has 0 aromatic carbocycles. The lowest BCUT2D eigenvalue weighted by Crippen LogP contribution is -1.78. The number of nitriles is 1. The Bertz CT molecular complexity index is 462. The Morgan fingerprint density at radius 3 is 3.17 bits per heavy atom. The summed E-state index contributed by atoms with van der Waals surface area (Å²) in [6.45, 7) is 1.97. The summed E-state index contributed by atoms with van der Waals surface area (Å²) in [6, 6.07) is 4.05. The van der Waals surface area contributed by atoms with Crippen molar-refractivity contribution in [1.29, 1.82) is 5.26 Å². The minimum Gasteiger partial charge on any atom is -0.359 e. The van der Waals surface area contributed by atoms with E-state index in [4.69, 9.17) is 5.26 Å². The van der Waals surface area contributed by atoms with E-state index in [-0.39, 0.29) is 0 Å². The second kappa shape index (κ2) is 2.35. The monoisotopic (exact) mass is 157 g/mol. The average molecular weight is 157 g/mol. The van der Waals surface area contributed by atoms with E-state index in [1.165, 1.54) is 0 Å². The number of hydrogen-bond donors (Lipinski definition) is 1. The highest BCUT2D eigenvalue weighted by atomic mass is 14.8. The van der Waals surface area contributed by atoms with Gasteiger partial charge < -0.3 is 4.98 Å². The molecule has 0 saturated carbocycles. The molecule has 0 atom stereocenters. The third kappa shape index (κ3) is 0.857. The Kier molecular flexibility index (Phi) is 1.34. The number of aromatic nitrogens is 2. The third-order valence-electron chi connectivity index (χ3n) is 1.77. The predicted molar refractivity (Wildman–Crippen MR) is 45.5 cm³/mol. The van der Waals surface area contributed by atoms with Crippen LogP contribution in [0.1, 0.15) is 11.1 Å². The summed E-state index contributed by atoms with van der Waals surface area (Å²) in [5, 5.41) is 8.68. The van der Waals surface area contributed by atoms with Gasteiger partial charge in [0.2, 0.25) is 0 Å². The summed E-state index contributed by atoms with van der Waals surface area (Å²) in [7, 11) is 0. The maximum absolute atomic E-state index is 8.68. The van der Waals surface area contributed by atoms with E-state index >= 15 is 0 Å². The molecule has 0 radical (unpaired) electrons. The number of aromatic amines is 1. The fourth-order valence-electron chi connectivity index (χ4n) is 1.20. The molecular weight excluding hydrogens is 150 g/mol. The molecule has 2 rings (SSSR count). The van der Waals surface area contributed by atoms with E-state index < -0.39 is 0 Å². The van der Waals surface area contributed by atoms with Crippen molar-refractivity contribution < 1.29 is 0 Å². The van der Waals surface area contributed by atoms with Gasteiger partial charge in [0.15, 0.2) is 0 Å². The Morgan fingerprint density at radius 1 is 1.58 bits per heavy atom. The van der Waals surface area contributed by atoms with Crippen molar-refractivity contribution in [2.24, 2.45) is 0 Å². The van der Waals surface area contributed by atoms with Crippen molar-refractivity contribution in [2.75, 3.05) is 0 Å². The molecule has 3 nitrogen and oxygen atoms in total. The van der Waals surface area contributed by atoms with Crippen LogP contribution < -0.4 is 0 Å². The molecular formula is C9H7N3. The zero-order valence-corrected chi connectivity index (χ0v) is 6.63. The smallest absolute Gasteiger partial charge is 0.106 e. The highest BCUT2D eigenvalue weighted by Gasteiger charge is 2.02. The fraction of sp³-hybridized carbons (Fsp3) is 0.111. The van der Waals surface area contributed by atoms with E-state index in [9.17, 15) is 0 Å². The summed E-state index contributed by atoms with van der Waals surface area (Å²) >= 11 is 0. The number of H-pyrrole nitrogens is 1. The predicted octanol–water partition coefficient (Wildman–Crippen LogP) is 1.74. The molecule has 12 heavy (non-hydrogen) atoms. The molecule has 2 aromatic rings.